The summed E-state index contributed by atoms with van der Waals surface area (Å²) in [5.41, 5.74) is 0.146. The molecule has 0 radical (unpaired) electrons. The Morgan fingerprint density at radius 1 is 1.05 bits per heavy atom. The number of hydrogen-bond acceptors (Lipinski definition) is 3. The van der Waals surface area contributed by atoms with Gasteiger partial charge in [-0.1, -0.05) is 12.1 Å². The predicted molar refractivity (Wildman–Crippen MR) is 75.8 cm³/mol. The maximum absolute atomic E-state index is 12.4. The summed E-state index contributed by atoms with van der Waals surface area (Å²) >= 11 is 0. The lowest BCUT2D eigenvalue weighted by Gasteiger charge is -2.22. The topological polar surface area (TPSA) is 38.7 Å². The average molecular weight is 322 g/mol. The molecule has 1 N–H and O–H groups in total. The summed E-state index contributed by atoms with van der Waals surface area (Å²) in [5, 5.41) is 0. The van der Waals surface area contributed by atoms with Crippen LogP contribution in [0.15, 0.2) is 24.3 Å². The van der Waals surface area contributed by atoms with Gasteiger partial charge in [-0.05, 0) is 44.4 Å². The normalized spacial score (nSPS) is 12.7. The third kappa shape index (κ3) is 6.17. The second kappa shape index (κ2) is 7.93. The van der Waals surface area contributed by atoms with E-state index in [-0.39, 0.29) is 0 Å². The molecule has 0 fully saturated rings. The number of rotatable bonds is 8. The molecule has 1 aromatic rings. The van der Waals surface area contributed by atoms with Crippen molar-refractivity contribution in [1.29, 1.82) is 0 Å². The number of alkyl halides is 3. The highest BCUT2D eigenvalue weighted by molar-refractivity contribution is 6.59. The zero-order valence-corrected chi connectivity index (χ0v) is 13.2. The summed E-state index contributed by atoms with van der Waals surface area (Å²) in [6.07, 6.45) is -3.13. The van der Waals surface area contributed by atoms with Gasteiger partial charge in [-0.2, -0.15) is 13.2 Å². The lowest BCUT2D eigenvalue weighted by Crippen LogP contribution is -2.42. The monoisotopic (exact) mass is 322 g/mol. The first-order chi connectivity index (χ1) is 9.80. The van der Waals surface area contributed by atoms with Crippen molar-refractivity contribution in [3.63, 3.8) is 0 Å². The largest absolute Gasteiger partial charge is 0.498 e. The van der Waals surface area contributed by atoms with Gasteiger partial charge < -0.3 is 13.6 Å². The molecule has 7 heteroatoms. The van der Waals surface area contributed by atoms with E-state index in [1.165, 1.54) is 12.1 Å². The molecule has 0 aliphatic carbocycles. The van der Waals surface area contributed by atoms with Crippen molar-refractivity contribution in [2.45, 2.75) is 38.9 Å². The number of aryl methyl sites for hydroxylation is 1. The Labute approximate surface area is 124 Å². The Morgan fingerprint density at radius 3 is 2.00 bits per heavy atom. The summed E-state index contributed by atoms with van der Waals surface area (Å²) in [6.45, 7) is 4.33. The van der Waals surface area contributed by atoms with Gasteiger partial charge in [0.2, 0.25) is 0 Å². The first kappa shape index (κ1) is 18.2. The fourth-order valence-electron chi connectivity index (χ4n) is 2.01. The molecule has 0 aromatic heterocycles. The maximum atomic E-state index is 12.4. The molecule has 120 valence electrons. The van der Waals surface area contributed by atoms with Gasteiger partial charge >= 0.3 is 15.0 Å². The van der Waals surface area contributed by atoms with E-state index in [4.69, 9.17) is 8.85 Å². The minimum atomic E-state index is -4.31. The van der Waals surface area contributed by atoms with Crippen LogP contribution >= 0.6 is 0 Å². The van der Waals surface area contributed by atoms with Crippen LogP contribution in [-0.2, 0) is 21.4 Å². The second-order valence-electron chi connectivity index (χ2n) is 4.63. The van der Waals surface area contributed by atoms with Crippen molar-refractivity contribution in [3.8, 4) is 0 Å². The van der Waals surface area contributed by atoms with Gasteiger partial charge in [-0.25, -0.2) is 0 Å². The standard InChI is InChI=1S/C14H21F3O3Si/c1-3-19-21(18,20-4-2)11-5-6-12-7-9-13(10-8-12)14(15,16)17/h7-10,18H,3-6,11H2,1-2H3. The van der Waals surface area contributed by atoms with Gasteiger partial charge in [0.05, 0.1) is 5.56 Å². The Bertz CT molecular complexity index is 414. The minimum Gasteiger partial charge on any atom is -0.390 e. The maximum Gasteiger partial charge on any atom is 0.498 e. The van der Waals surface area contributed by atoms with Gasteiger partial charge in [0, 0.05) is 19.3 Å². The van der Waals surface area contributed by atoms with Crippen molar-refractivity contribution in [2.75, 3.05) is 13.2 Å². The van der Waals surface area contributed by atoms with Crippen molar-refractivity contribution >= 4 is 8.80 Å². The molecule has 0 saturated heterocycles. The van der Waals surface area contributed by atoms with E-state index in [0.29, 0.717) is 32.1 Å². The minimum absolute atomic E-state index is 0.378. The van der Waals surface area contributed by atoms with Crippen LogP contribution in [0, 0.1) is 0 Å². The SMILES string of the molecule is CCO[Si](O)(CCCc1ccc(C(F)(F)F)cc1)OCC. The van der Waals surface area contributed by atoms with Gasteiger partial charge in [-0.15, -0.1) is 0 Å². The van der Waals surface area contributed by atoms with Crippen molar-refractivity contribution in [1.82, 2.24) is 0 Å². The molecule has 0 aliphatic rings. The van der Waals surface area contributed by atoms with Gasteiger partial charge in [0.25, 0.3) is 0 Å². The van der Waals surface area contributed by atoms with Crippen LogP contribution in [0.4, 0.5) is 13.2 Å². The van der Waals surface area contributed by atoms with Gasteiger partial charge in [0.1, 0.15) is 0 Å². The average Bonchev–Trinajstić information content (AvgIpc) is 2.39. The highest BCUT2D eigenvalue weighted by Crippen LogP contribution is 2.29. The smallest absolute Gasteiger partial charge is 0.390 e. The number of halogens is 3. The molecule has 0 amide bonds. The summed E-state index contributed by atoms with van der Waals surface area (Å²) in [5.74, 6) is 0. The summed E-state index contributed by atoms with van der Waals surface area (Å²) < 4.78 is 47.9. The van der Waals surface area contributed by atoms with Crippen molar-refractivity contribution < 1.29 is 26.8 Å². The fraction of sp³-hybridized carbons (Fsp3) is 0.571. The highest BCUT2D eigenvalue weighted by atomic mass is 28.4. The predicted octanol–water partition coefficient (Wildman–Crippen LogP) is 3.64. The van der Waals surface area contributed by atoms with E-state index in [2.05, 4.69) is 0 Å². The second-order valence-corrected chi connectivity index (χ2v) is 7.13. The summed E-state index contributed by atoms with van der Waals surface area (Å²) in [4.78, 5) is 10.2. The first-order valence-corrected chi connectivity index (χ1v) is 8.94. The van der Waals surface area contributed by atoms with Crippen LogP contribution < -0.4 is 0 Å². The van der Waals surface area contributed by atoms with E-state index in [0.717, 1.165) is 17.7 Å². The third-order valence-electron chi connectivity index (χ3n) is 2.98. The lowest BCUT2D eigenvalue weighted by molar-refractivity contribution is -0.137. The molecule has 0 spiro atoms. The highest BCUT2D eigenvalue weighted by Gasteiger charge is 2.35. The number of hydrogen-bond donors (Lipinski definition) is 1. The molecule has 0 unspecified atom stereocenters. The number of benzene rings is 1. The first-order valence-electron chi connectivity index (χ1n) is 6.97. The molecule has 1 aromatic carbocycles. The van der Waals surface area contributed by atoms with Crippen LogP contribution in [0.3, 0.4) is 0 Å². The van der Waals surface area contributed by atoms with Crippen LogP contribution in [0.2, 0.25) is 6.04 Å². The Kier molecular flexibility index (Phi) is 6.86. The molecular weight excluding hydrogens is 301 g/mol. The Balaban J connectivity index is 2.51. The van der Waals surface area contributed by atoms with Gasteiger partial charge in [0.15, 0.2) is 0 Å². The van der Waals surface area contributed by atoms with Crippen LogP contribution in [-0.4, -0.2) is 26.8 Å². The molecule has 3 nitrogen and oxygen atoms in total. The molecular formula is C14H21F3O3Si. The van der Waals surface area contributed by atoms with Gasteiger partial charge in [-0.3, -0.25) is 0 Å². The van der Waals surface area contributed by atoms with E-state index < -0.39 is 20.5 Å². The zero-order valence-electron chi connectivity index (χ0n) is 12.2. The summed E-state index contributed by atoms with van der Waals surface area (Å²) in [7, 11) is -3.12. The van der Waals surface area contributed by atoms with Crippen LogP contribution in [0.5, 0.6) is 0 Å². The van der Waals surface area contributed by atoms with Crippen LogP contribution in [0.25, 0.3) is 0 Å². The summed E-state index contributed by atoms with van der Waals surface area (Å²) in [6, 6.07) is 5.47. The van der Waals surface area contributed by atoms with E-state index in [9.17, 15) is 18.0 Å². The fourth-order valence-corrected chi connectivity index (χ4v) is 3.91. The Morgan fingerprint density at radius 2 is 1.57 bits per heavy atom. The quantitative estimate of drug-likeness (QED) is 0.743. The molecule has 0 saturated carbocycles. The van der Waals surface area contributed by atoms with E-state index in [1.54, 1.807) is 13.8 Å². The zero-order chi connectivity index (χ0) is 15.9. The molecule has 0 heterocycles. The lowest BCUT2D eigenvalue weighted by atomic mass is 10.1. The molecule has 0 aliphatic heterocycles. The molecule has 21 heavy (non-hydrogen) atoms. The Hall–Kier alpha value is -0.893. The van der Waals surface area contributed by atoms with Crippen molar-refractivity contribution in [2.24, 2.45) is 0 Å². The molecule has 0 bridgehead atoms. The van der Waals surface area contributed by atoms with E-state index >= 15 is 0 Å². The third-order valence-corrected chi connectivity index (χ3v) is 5.44. The molecule has 0 atom stereocenters. The van der Waals surface area contributed by atoms with Crippen LogP contribution in [0.1, 0.15) is 31.4 Å². The molecule has 1 rings (SSSR count). The van der Waals surface area contributed by atoms with E-state index in [1.807, 2.05) is 0 Å². The van der Waals surface area contributed by atoms with Crippen molar-refractivity contribution in [3.05, 3.63) is 35.4 Å².